The van der Waals surface area contributed by atoms with Crippen molar-refractivity contribution in [3.05, 3.63) is 48.0 Å². The number of amides is 1. The van der Waals surface area contributed by atoms with Crippen LogP contribution in [-0.4, -0.2) is 41.9 Å². The van der Waals surface area contributed by atoms with Crippen molar-refractivity contribution in [1.29, 1.82) is 0 Å². The highest BCUT2D eigenvalue weighted by Gasteiger charge is 2.20. The summed E-state index contributed by atoms with van der Waals surface area (Å²) in [6, 6.07) is 10.3. The molecule has 0 atom stereocenters. The van der Waals surface area contributed by atoms with Crippen LogP contribution in [0.4, 0.5) is 0 Å². The Kier molecular flexibility index (Phi) is 5.81. The molecule has 0 N–H and O–H groups in total. The summed E-state index contributed by atoms with van der Waals surface area (Å²) in [5, 5.41) is 0. The number of benzene rings is 1. The van der Waals surface area contributed by atoms with Crippen LogP contribution in [0.25, 0.3) is 0 Å². The first kappa shape index (κ1) is 14.8. The van der Waals surface area contributed by atoms with Crippen LogP contribution in [0.3, 0.4) is 0 Å². The summed E-state index contributed by atoms with van der Waals surface area (Å²) in [5.41, 5.74) is 1.26. The molecule has 1 saturated heterocycles. The third-order valence-electron chi connectivity index (χ3n) is 3.67. The minimum absolute atomic E-state index is 0.267. The van der Waals surface area contributed by atoms with Gasteiger partial charge in [0.1, 0.15) is 0 Å². The van der Waals surface area contributed by atoms with E-state index in [-0.39, 0.29) is 5.91 Å². The maximum absolute atomic E-state index is 12.3. The van der Waals surface area contributed by atoms with Crippen molar-refractivity contribution >= 4 is 5.91 Å². The lowest BCUT2D eigenvalue weighted by atomic mass is 10.2. The first-order valence-electron chi connectivity index (χ1n) is 7.45. The average Bonchev–Trinajstić information content (AvgIpc) is 3.00. The molecule has 0 unspecified atom stereocenters. The maximum Gasteiger partial charge on any atom is 0.236 e. The van der Waals surface area contributed by atoms with Gasteiger partial charge in [-0.15, -0.1) is 0 Å². The van der Waals surface area contributed by atoms with Gasteiger partial charge in [0.2, 0.25) is 5.91 Å². The lowest BCUT2D eigenvalue weighted by Crippen LogP contribution is -2.38. The predicted molar refractivity (Wildman–Crippen MR) is 82.3 cm³/mol. The molecule has 1 aromatic rings. The molecule has 0 aliphatic carbocycles. The van der Waals surface area contributed by atoms with E-state index in [2.05, 4.69) is 23.1 Å². The van der Waals surface area contributed by atoms with Crippen LogP contribution in [0.15, 0.2) is 42.5 Å². The zero-order chi connectivity index (χ0) is 14.2. The fraction of sp³-hybridized carbons (Fsp3) is 0.471. The minimum atomic E-state index is 0.267. The van der Waals surface area contributed by atoms with Crippen LogP contribution < -0.4 is 0 Å². The summed E-state index contributed by atoms with van der Waals surface area (Å²) in [6.45, 7) is 6.04. The van der Waals surface area contributed by atoms with Crippen LogP contribution >= 0.6 is 0 Å². The van der Waals surface area contributed by atoms with E-state index in [1.165, 1.54) is 5.56 Å². The molecule has 20 heavy (non-hydrogen) atoms. The van der Waals surface area contributed by atoms with Gasteiger partial charge < -0.3 is 4.90 Å². The second-order valence-corrected chi connectivity index (χ2v) is 5.31. The second-order valence-electron chi connectivity index (χ2n) is 5.31. The van der Waals surface area contributed by atoms with Gasteiger partial charge in [-0.1, -0.05) is 42.5 Å². The molecule has 0 bridgehead atoms. The van der Waals surface area contributed by atoms with E-state index >= 15 is 0 Å². The highest BCUT2D eigenvalue weighted by molar-refractivity contribution is 5.78. The number of carbonyl (C=O) groups is 1. The maximum atomic E-state index is 12.3. The van der Waals surface area contributed by atoms with E-state index in [1.54, 1.807) is 0 Å². The third-order valence-corrected chi connectivity index (χ3v) is 3.67. The number of nitrogens with zero attached hydrogens (tertiary/aromatic N) is 2. The predicted octanol–water partition coefficient (Wildman–Crippen LogP) is 2.69. The monoisotopic (exact) mass is 272 g/mol. The fourth-order valence-electron chi connectivity index (χ4n) is 2.54. The molecule has 1 aliphatic heterocycles. The Bertz CT molecular complexity index is 436. The van der Waals surface area contributed by atoms with E-state index in [9.17, 15) is 4.79 Å². The van der Waals surface area contributed by atoms with Gasteiger partial charge in [-0.05, 0) is 25.3 Å². The highest BCUT2D eigenvalue weighted by atomic mass is 16.2. The van der Waals surface area contributed by atoms with Gasteiger partial charge in [0.15, 0.2) is 0 Å². The summed E-state index contributed by atoms with van der Waals surface area (Å²) >= 11 is 0. The molecule has 2 rings (SSSR count). The van der Waals surface area contributed by atoms with Gasteiger partial charge in [0, 0.05) is 26.2 Å². The summed E-state index contributed by atoms with van der Waals surface area (Å²) < 4.78 is 0. The first-order valence-corrected chi connectivity index (χ1v) is 7.45. The molecular weight excluding hydrogens is 248 g/mol. The largest absolute Gasteiger partial charge is 0.342 e. The molecule has 0 saturated carbocycles. The molecule has 3 nitrogen and oxygen atoms in total. The molecule has 1 aliphatic rings. The van der Waals surface area contributed by atoms with Crippen molar-refractivity contribution in [2.45, 2.75) is 26.3 Å². The average molecular weight is 272 g/mol. The summed E-state index contributed by atoms with van der Waals surface area (Å²) in [7, 11) is 0. The lowest BCUT2D eigenvalue weighted by molar-refractivity contribution is -0.131. The number of allylic oxidation sites excluding steroid dienone is 1. The Morgan fingerprint density at radius 3 is 2.60 bits per heavy atom. The molecule has 1 heterocycles. The number of hydrogen-bond acceptors (Lipinski definition) is 2. The number of likely N-dealkylation sites (tertiary alicyclic amines) is 1. The molecule has 3 heteroatoms. The van der Waals surface area contributed by atoms with Crippen LogP contribution in [0.5, 0.6) is 0 Å². The van der Waals surface area contributed by atoms with E-state index in [0.29, 0.717) is 6.54 Å². The number of carbonyl (C=O) groups excluding carboxylic acids is 1. The van der Waals surface area contributed by atoms with Crippen molar-refractivity contribution in [2.75, 3.05) is 26.2 Å². The van der Waals surface area contributed by atoms with E-state index in [0.717, 1.165) is 39.0 Å². The van der Waals surface area contributed by atoms with Gasteiger partial charge in [-0.25, -0.2) is 0 Å². The Labute approximate surface area is 121 Å². The molecular formula is C17H24N2O. The van der Waals surface area contributed by atoms with Crippen LogP contribution in [0, 0.1) is 0 Å². The van der Waals surface area contributed by atoms with Crippen LogP contribution in [0.1, 0.15) is 25.3 Å². The summed E-state index contributed by atoms with van der Waals surface area (Å²) in [4.78, 5) is 16.5. The molecule has 108 valence electrons. The molecule has 1 amide bonds. The Morgan fingerprint density at radius 1 is 1.25 bits per heavy atom. The van der Waals surface area contributed by atoms with Crippen molar-refractivity contribution in [1.82, 2.24) is 9.80 Å². The Morgan fingerprint density at radius 2 is 1.95 bits per heavy atom. The van der Waals surface area contributed by atoms with Crippen LogP contribution in [-0.2, 0) is 11.3 Å². The standard InChI is InChI=1S/C17H24N2O/c1-2-3-11-18(14-16-9-5-4-6-10-16)15-17(20)19-12-7-8-13-19/h2-6,9-10H,7-8,11-15H2,1H3/b3-2+. The van der Waals surface area contributed by atoms with E-state index in [4.69, 9.17) is 0 Å². The van der Waals surface area contributed by atoms with Crippen molar-refractivity contribution in [3.8, 4) is 0 Å². The van der Waals surface area contributed by atoms with E-state index in [1.807, 2.05) is 36.1 Å². The molecule has 0 radical (unpaired) electrons. The zero-order valence-electron chi connectivity index (χ0n) is 12.3. The summed E-state index contributed by atoms with van der Waals surface area (Å²) in [5.74, 6) is 0.267. The molecule has 1 aromatic carbocycles. The van der Waals surface area contributed by atoms with Gasteiger partial charge in [0.25, 0.3) is 0 Å². The summed E-state index contributed by atoms with van der Waals surface area (Å²) in [6.07, 6.45) is 6.46. The van der Waals surface area contributed by atoms with Crippen molar-refractivity contribution < 1.29 is 4.79 Å². The Balaban J connectivity index is 1.94. The molecule has 0 aromatic heterocycles. The second kappa shape index (κ2) is 7.85. The number of hydrogen-bond donors (Lipinski definition) is 0. The van der Waals surface area contributed by atoms with E-state index < -0.39 is 0 Å². The third kappa shape index (κ3) is 4.49. The first-order chi connectivity index (χ1) is 9.79. The molecule has 0 spiro atoms. The normalized spacial score (nSPS) is 15.4. The quantitative estimate of drug-likeness (QED) is 0.743. The smallest absolute Gasteiger partial charge is 0.236 e. The Hall–Kier alpha value is -1.61. The SMILES string of the molecule is C/C=C/CN(CC(=O)N1CCCC1)Cc1ccccc1. The molecule has 1 fully saturated rings. The van der Waals surface area contributed by atoms with Crippen molar-refractivity contribution in [2.24, 2.45) is 0 Å². The van der Waals surface area contributed by atoms with Gasteiger partial charge in [-0.2, -0.15) is 0 Å². The lowest BCUT2D eigenvalue weighted by Gasteiger charge is -2.23. The van der Waals surface area contributed by atoms with Gasteiger partial charge in [0.05, 0.1) is 6.54 Å². The van der Waals surface area contributed by atoms with Crippen LogP contribution in [0.2, 0.25) is 0 Å². The van der Waals surface area contributed by atoms with Crippen molar-refractivity contribution in [3.63, 3.8) is 0 Å². The van der Waals surface area contributed by atoms with Gasteiger partial charge in [-0.3, -0.25) is 9.69 Å². The topological polar surface area (TPSA) is 23.6 Å². The fourth-order valence-corrected chi connectivity index (χ4v) is 2.54. The van der Waals surface area contributed by atoms with Gasteiger partial charge >= 0.3 is 0 Å². The number of rotatable bonds is 6. The zero-order valence-corrected chi connectivity index (χ0v) is 12.3. The minimum Gasteiger partial charge on any atom is -0.342 e. The highest BCUT2D eigenvalue weighted by Crippen LogP contribution is 2.10.